The van der Waals surface area contributed by atoms with E-state index in [1.807, 2.05) is 17.5 Å². The van der Waals surface area contributed by atoms with Crippen LogP contribution in [-0.2, 0) is 11.3 Å². The zero-order chi connectivity index (χ0) is 14.4. The fourth-order valence-corrected chi connectivity index (χ4v) is 2.27. The topological polar surface area (TPSA) is 63.9 Å². The molecule has 2 aromatic rings. The van der Waals surface area contributed by atoms with Crippen LogP contribution in [0.15, 0.2) is 42.8 Å². The van der Waals surface area contributed by atoms with Gasteiger partial charge in [0.25, 0.3) is 0 Å². The van der Waals surface area contributed by atoms with E-state index in [9.17, 15) is 4.79 Å². The molecule has 104 valence electrons. The second-order valence-electron chi connectivity index (χ2n) is 4.00. The summed E-state index contributed by atoms with van der Waals surface area (Å²) < 4.78 is 0. The summed E-state index contributed by atoms with van der Waals surface area (Å²) in [6, 6.07) is 3.83. The summed E-state index contributed by atoms with van der Waals surface area (Å²) in [5.74, 6) is 0.437. The number of carbonyl (C=O) groups excluding carboxylic acids is 1. The van der Waals surface area contributed by atoms with Crippen molar-refractivity contribution in [3.8, 4) is 10.7 Å². The van der Waals surface area contributed by atoms with Crippen molar-refractivity contribution >= 4 is 17.2 Å². The fourth-order valence-electron chi connectivity index (χ4n) is 1.63. The minimum atomic E-state index is -0.0973. The lowest BCUT2D eigenvalue weighted by atomic mass is 10.4. The molecule has 0 bridgehead atoms. The van der Waals surface area contributed by atoms with Gasteiger partial charge in [-0.25, -0.2) is 0 Å². The summed E-state index contributed by atoms with van der Waals surface area (Å²) in [7, 11) is 0. The molecule has 0 aliphatic rings. The lowest BCUT2D eigenvalue weighted by Crippen LogP contribution is -2.34. The van der Waals surface area contributed by atoms with E-state index in [2.05, 4.69) is 28.6 Å². The number of carbonyl (C=O) groups is 1. The van der Waals surface area contributed by atoms with Crippen molar-refractivity contribution in [2.45, 2.75) is 6.54 Å². The monoisotopic (exact) mass is 289 g/mol. The molecule has 0 aromatic carbocycles. The molecule has 0 aliphatic heterocycles. The van der Waals surface area contributed by atoms with Gasteiger partial charge < -0.3 is 4.90 Å². The van der Waals surface area contributed by atoms with E-state index in [1.165, 1.54) is 16.1 Å². The minimum absolute atomic E-state index is 0.0556. The van der Waals surface area contributed by atoms with Crippen LogP contribution in [-0.4, -0.2) is 44.1 Å². The Morgan fingerprint density at radius 2 is 2.15 bits per heavy atom. The number of aromatic nitrogens is 4. The van der Waals surface area contributed by atoms with Crippen molar-refractivity contribution in [2.75, 3.05) is 13.1 Å². The smallest absolute Gasteiger partial charge is 0.246 e. The molecule has 7 heteroatoms. The first kappa shape index (κ1) is 14.1. The first-order chi connectivity index (χ1) is 9.74. The maximum absolute atomic E-state index is 12.1. The van der Waals surface area contributed by atoms with Gasteiger partial charge in [0.05, 0.1) is 4.88 Å². The molecule has 20 heavy (non-hydrogen) atoms. The predicted octanol–water partition coefficient (Wildman–Crippen LogP) is 1.60. The average Bonchev–Trinajstić information content (AvgIpc) is 3.08. The molecule has 0 atom stereocenters. The Kier molecular flexibility index (Phi) is 4.78. The van der Waals surface area contributed by atoms with E-state index in [0.29, 0.717) is 18.9 Å². The number of thiophene rings is 1. The predicted molar refractivity (Wildman–Crippen MR) is 78.1 cm³/mol. The van der Waals surface area contributed by atoms with Gasteiger partial charge in [-0.3, -0.25) is 4.79 Å². The highest BCUT2D eigenvalue weighted by Crippen LogP contribution is 2.19. The fraction of sp³-hybridized carbons (Fsp3) is 0.231. The summed E-state index contributed by atoms with van der Waals surface area (Å²) in [6.45, 7) is 8.26. The van der Waals surface area contributed by atoms with Crippen LogP contribution < -0.4 is 0 Å². The Morgan fingerprint density at radius 1 is 1.40 bits per heavy atom. The average molecular weight is 289 g/mol. The van der Waals surface area contributed by atoms with Crippen LogP contribution >= 0.6 is 11.3 Å². The molecular weight excluding hydrogens is 274 g/mol. The molecule has 0 aliphatic carbocycles. The Hall–Kier alpha value is -2.28. The zero-order valence-corrected chi connectivity index (χ0v) is 11.8. The molecule has 0 radical (unpaired) electrons. The molecule has 1 amide bonds. The first-order valence-electron chi connectivity index (χ1n) is 6.06. The summed E-state index contributed by atoms with van der Waals surface area (Å²) in [5, 5.41) is 14.0. The summed E-state index contributed by atoms with van der Waals surface area (Å²) in [5.41, 5.74) is 0. The Morgan fingerprint density at radius 3 is 2.75 bits per heavy atom. The van der Waals surface area contributed by atoms with Crippen molar-refractivity contribution in [3.63, 3.8) is 0 Å². The van der Waals surface area contributed by atoms with Gasteiger partial charge in [0.1, 0.15) is 6.54 Å². The Bertz CT molecular complexity index is 580. The van der Waals surface area contributed by atoms with Crippen LogP contribution in [0.25, 0.3) is 10.7 Å². The van der Waals surface area contributed by atoms with Crippen molar-refractivity contribution in [3.05, 3.63) is 42.8 Å². The number of hydrogen-bond donors (Lipinski definition) is 0. The molecular formula is C13H15N5OS. The van der Waals surface area contributed by atoms with Gasteiger partial charge in [-0.1, -0.05) is 18.2 Å². The summed E-state index contributed by atoms with van der Waals surface area (Å²) in [4.78, 5) is 15.9. The van der Waals surface area contributed by atoms with Crippen molar-refractivity contribution in [1.82, 2.24) is 25.1 Å². The van der Waals surface area contributed by atoms with Gasteiger partial charge in [-0.15, -0.1) is 34.7 Å². The number of tetrazole rings is 1. The molecule has 6 nitrogen and oxygen atoms in total. The van der Waals surface area contributed by atoms with Crippen LogP contribution in [0.1, 0.15) is 0 Å². The highest BCUT2D eigenvalue weighted by atomic mass is 32.1. The van der Waals surface area contributed by atoms with Gasteiger partial charge in [-0.05, 0) is 16.7 Å². The second kappa shape index (κ2) is 6.76. The first-order valence-corrected chi connectivity index (χ1v) is 6.93. The SMILES string of the molecule is C=CCN(CC=C)C(=O)Cn1nnc(-c2cccs2)n1. The molecule has 2 aromatic heterocycles. The molecule has 0 unspecified atom stereocenters. The van der Waals surface area contributed by atoms with E-state index in [-0.39, 0.29) is 12.5 Å². The standard InChI is InChI=1S/C13H15N5OS/c1-3-7-17(8-4-2)12(19)10-18-15-13(14-16-18)11-6-5-9-20-11/h3-6,9H,1-2,7-8,10H2. The van der Waals surface area contributed by atoms with Gasteiger partial charge in [0.2, 0.25) is 11.7 Å². The van der Waals surface area contributed by atoms with E-state index in [1.54, 1.807) is 17.1 Å². The maximum atomic E-state index is 12.1. The lowest BCUT2D eigenvalue weighted by molar-refractivity contribution is -0.131. The number of amides is 1. The Labute approximate surface area is 121 Å². The van der Waals surface area contributed by atoms with E-state index in [4.69, 9.17) is 0 Å². The van der Waals surface area contributed by atoms with Crippen LogP contribution in [0, 0.1) is 0 Å². The third-order valence-electron chi connectivity index (χ3n) is 2.52. The molecule has 2 heterocycles. The minimum Gasteiger partial charge on any atom is -0.334 e. The number of nitrogens with zero attached hydrogens (tertiary/aromatic N) is 5. The molecule has 0 fully saturated rings. The molecule has 0 saturated carbocycles. The third kappa shape index (κ3) is 3.39. The van der Waals surface area contributed by atoms with Crippen LogP contribution in [0.3, 0.4) is 0 Å². The maximum Gasteiger partial charge on any atom is 0.246 e. The highest BCUT2D eigenvalue weighted by Gasteiger charge is 2.14. The van der Waals surface area contributed by atoms with Gasteiger partial charge in [-0.2, -0.15) is 4.80 Å². The Balaban J connectivity index is 2.04. The molecule has 0 N–H and O–H groups in total. The summed E-state index contributed by atoms with van der Waals surface area (Å²) in [6.07, 6.45) is 3.35. The van der Waals surface area contributed by atoms with Crippen molar-refractivity contribution < 1.29 is 4.79 Å². The van der Waals surface area contributed by atoms with E-state index >= 15 is 0 Å². The highest BCUT2D eigenvalue weighted by molar-refractivity contribution is 7.13. The van der Waals surface area contributed by atoms with Crippen molar-refractivity contribution in [1.29, 1.82) is 0 Å². The van der Waals surface area contributed by atoms with Gasteiger partial charge in [0, 0.05) is 13.1 Å². The second-order valence-corrected chi connectivity index (χ2v) is 4.94. The lowest BCUT2D eigenvalue weighted by Gasteiger charge is -2.18. The largest absolute Gasteiger partial charge is 0.334 e. The van der Waals surface area contributed by atoms with Crippen LogP contribution in [0.5, 0.6) is 0 Å². The number of hydrogen-bond acceptors (Lipinski definition) is 5. The van der Waals surface area contributed by atoms with E-state index < -0.39 is 0 Å². The van der Waals surface area contributed by atoms with Crippen molar-refractivity contribution in [2.24, 2.45) is 0 Å². The third-order valence-corrected chi connectivity index (χ3v) is 3.39. The molecule has 0 spiro atoms. The summed E-state index contributed by atoms with van der Waals surface area (Å²) >= 11 is 1.53. The molecule has 0 saturated heterocycles. The van der Waals surface area contributed by atoms with Gasteiger partial charge in [0.15, 0.2) is 0 Å². The normalized spacial score (nSPS) is 10.2. The zero-order valence-electron chi connectivity index (χ0n) is 11.0. The van der Waals surface area contributed by atoms with Crippen LogP contribution in [0.2, 0.25) is 0 Å². The van der Waals surface area contributed by atoms with Crippen LogP contribution in [0.4, 0.5) is 0 Å². The van der Waals surface area contributed by atoms with Gasteiger partial charge >= 0.3 is 0 Å². The molecule has 2 rings (SSSR count). The number of rotatable bonds is 7. The quantitative estimate of drug-likeness (QED) is 0.726. The van der Waals surface area contributed by atoms with E-state index in [0.717, 1.165) is 4.88 Å².